The van der Waals surface area contributed by atoms with Crippen LogP contribution >= 0.6 is 11.3 Å². The van der Waals surface area contributed by atoms with Crippen molar-refractivity contribution in [3.63, 3.8) is 0 Å². The molecular weight excluding hydrogens is 416 g/mol. The summed E-state index contributed by atoms with van der Waals surface area (Å²) in [6.45, 7) is 0. The first-order valence-electron chi connectivity index (χ1n) is 9.63. The molecule has 3 aromatic rings. The van der Waals surface area contributed by atoms with E-state index in [0.717, 1.165) is 10.4 Å². The van der Waals surface area contributed by atoms with Crippen LogP contribution in [0, 0.1) is 0 Å². The number of nitrogens with zero attached hydrogens (tertiary/aromatic N) is 1. The second-order valence-corrected chi connectivity index (χ2v) is 8.01. The van der Waals surface area contributed by atoms with Gasteiger partial charge >= 0.3 is 0 Å². The standard InChI is InChI=1S/C23H24N2O5S/c1-27-16-8-7-13(10-15(16)24)21-20(19-6-5-9-31-19)23(26)25(21)14-11-17(28-2)22(30-4)18(12-14)29-3/h5-12,20-21H,24H2,1-4H3. The van der Waals surface area contributed by atoms with Gasteiger partial charge in [0, 0.05) is 17.0 Å². The van der Waals surface area contributed by atoms with E-state index in [1.54, 1.807) is 56.8 Å². The van der Waals surface area contributed by atoms with E-state index in [0.29, 0.717) is 34.4 Å². The Kier molecular flexibility index (Phi) is 5.65. The second kappa shape index (κ2) is 8.39. The molecule has 0 saturated carbocycles. The summed E-state index contributed by atoms with van der Waals surface area (Å²) in [5.41, 5.74) is 8.28. The Bertz CT molecular complexity index is 1070. The summed E-state index contributed by atoms with van der Waals surface area (Å²) >= 11 is 1.57. The quantitative estimate of drug-likeness (QED) is 0.437. The first-order chi connectivity index (χ1) is 15.0. The van der Waals surface area contributed by atoms with Crippen LogP contribution < -0.4 is 29.6 Å². The van der Waals surface area contributed by atoms with E-state index in [2.05, 4.69) is 0 Å². The summed E-state index contributed by atoms with van der Waals surface area (Å²) < 4.78 is 21.7. The molecule has 0 spiro atoms. The van der Waals surface area contributed by atoms with Crippen LogP contribution in [-0.2, 0) is 4.79 Å². The molecule has 1 aliphatic rings. The fourth-order valence-electron chi connectivity index (χ4n) is 4.01. The highest BCUT2D eigenvalue weighted by Crippen LogP contribution is 2.53. The number of nitrogens with two attached hydrogens (primary N) is 1. The van der Waals surface area contributed by atoms with Crippen LogP contribution in [-0.4, -0.2) is 34.3 Å². The molecule has 2 heterocycles. The molecule has 2 aromatic carbocycles. The largest absolute Gasteiger partial charge is 0.495 e. The van der Waals surface area contributed by atoms with Gasteiger partial charge in [-0.3, -0.25) is 4.79 Å². The van der Waals surface area contributed by atoms with Gasteiger partial charge in [-0.2, -0.15) is 0 Å². The van der Waals surface area contributed by atoms with Crippen molar-refractivity contribution in [1.29, 1.82) is 0 Å². The number of hydrogen-bond donors (Lipinski definition) is 1. The Labute approximate surface area is 184 Å². The Morgan fingerprint density at radius 1 is 0.903 bits per heavy atom. The second-order valence-electron chi connectivity index (χ2n) is 7.03. The summed E-state index contributed by atoms with van der Waals surface area (Å²) in [5, 5.41) is 1.98. The van der Waals surface area contributed by atoms with E-state index >= 15 is 0 Å². The van der Waals surface area contributed by atoms with Crippen molar-refractivity contribution >= 4 is 28.6 Å². The van der Waals surface area contributed by atoms with E-state index in [4.69, 9.17) is 24.7 Å². The van der Waals surface area contributed by atoms with Crippen LogP contribution in [0.3, 0.4) is 0 Å². The minimum atomic E-state index is -0.299. The average Bonchev–Trinajstić information content (AvgIpc) is 3.30. The molecule has 0 bridgehead atoms. The molecule has 4 rings (SSSR count). The van der Waals surface area contributed by atoms with Gasteiger partial charge in [-0.1, -0.05) is 12.1 Å². The highest BCUT2D eigenvalue weighted by molar-refractivity contribution is 7.10. The molecule has 7 nitrogen and oxygen atoms in total. The number of ether oxygens (including phenoxy) is 4. The first kappa shape index (κ1) is 20.9. The fraction of sp³-hybridized carbons (Fsp3) is 0.261. The molecular formula is C23H24N2O5S. The predicted octanol–water partition coefficient (Wildman–Crippen LogP) is 4.24. The van der Waals surface area contributed by atoms with E-state index < -0.39 is 0 Å². The minimum Gasteiger partial charge on any atom is -0.495 e. The number of nitrogen functional groups attached to an aromatic ring is 1. The van der Waals surface area contributed by atoms with Crippen molar-refractivity contribution in [3.8, 4) is 23.0 Å². The van der Waals surface area contributed by atoms with Crippen LogP contribution in [0.4, 0.5) is 11.4 Å². The number of rotatable bonds is 7. The molecule has 1 fully saturated rings. The third-order valence-electron chi connectivity index (χ3n) is 5.47. The van der Waals surface area contributed by atoms with Crippen molar-refractivity contribution in [2.75, 3.05) is 39.1 Å². The van der Waals surface area contributed by atoms with Gasteiger partial charge in [0.1, 0.15) is 5.75 Å². The Morgan fingerprint density at radius 2 is 1.58 bits per heavy atom. The van der Waals surface area contributed by atoms with Crippen molar-refractivity contribution in [2.24, 2.45) is 0 Å². The molecule has 1 aliphatic heterocycles. The number of benzene rings is 2. The van der Waals surface area contributed by atoms with Gasteiger partial charge in [0.2, 0.25) is 11.7 Å². The molecule has 0 aliphatic carbocycles. The third-order valence-corrected chi connectivity index (χ3v) is 6.43. The molecule has 0 radical (unpaired) electrons. The number of carbonyl (C=O) groups is 1. The van der Waals surface area contributed by atoms with Gasteiger partial charge in [-0.15, -0.1) is 11.3 Å². The highest BCUT2D eigenvalue weighted by atomic mass is 32.1. The van der Waals surface area contributed by atoms with Crippen LogP contribution in [0.1, 0.15) is 22.4 Å². The number of β-lactam (4-membered cyclic amide) rings is 1. The average molecular weight is 441 g/mol. The zero-order chi connectivity index (χ0) is 22.1. The maximum atomic E-state index is 13.4. The molecule has 1 aromatic heterocycles. The van der Waals surface area contributed by atoms with E-state index in [1.807, 2.05) is 35.7 Å². The molecule has 2 unspecified atom stereocenters. The van der Waals surface area contributed by atoms with E-state index in [9.17, 15) is 4.79 Å². The molecule has 2 atom stereocenters. The number of amides is 1. The first-order valence-corrected chi connectivity index (χ1v) is 10.5. The van der Waals surface area contributed by atoms with Crippen molar-refractivity contribution in [1.82, 2.24) is 0 Å². The normalized spacial score (nSPS) is 17.8. The zero-order valence-electron chi connectivity index (χ0n) is 17.7. The molecule has 2 N–H and O–H groups in total. The van der Waals surface area contributed by atoms with Crippen LogP contribution in [0.5, 0.6) is 23.0 Å². The van der Waals surface area contributed by atoms with Crippen molar-refractivity contribution in [3.05, 3.63) is 58.3 Å². The lowest BCUT2D eigenvalue weighted by Crippen LogP contribution is -2.53. The van der Waals surface area contributed by atoms with Crippen LogP contribution in [0.15, 0.2) is 47.8 Å². The molecule has 8 heteroatoms. The Hall–Kier alpha value is -3.39. The van der Waals surface area contributed by atoms with Gasteiger partial charge in [0.15, 0.2) is 11.5 Å². The molecule has 1 amide bonds. The summed E-state index contributed by atoms with van der Waals surface area (Å²) in [5.74, 6) is 1.74. The van der Waals surface area contributed by atoms with Crippen molar-refractivity contribution < 1.29 is 23.7 Å². The summed E-state index contributed by atoms with van der Waals surface area (Å²) in [7, 11) is 6.23. The van der Waals surface area contributed by atoms with Gasteiger partial charge in [0.25, 0.3) is 0 Å². The number of methoxy groups -OCH3 is 4. The Morgan fingerprint density at radius 3 is 2.10 bits per heavy atom. The summed E-state index contributed by atoms with van der Waals surface area (Å²) in [6, 6.07) is 12.9. The summed E-state index contributed by atoms with van der Waals surface area (Å²) in [4.78, 5) is 16.1. The SMILES string of the molecule is COc1ccc(C2C(c3cccs3)C(=O)N2c2cc(OC)c(OC)c(OC)c2)cc1N. The monoisotopic (exact) mass is 440 g/mol. The number of carbonyl (C=O) groups excluding carboxylic acids is 1. The highest BCUT2D eigenvalue weighted by Gasteiger charge is 2.50. The van der Waals surface area contributed by atoms with E-state index in [1.165, 1.54) is 0 Å². The van der Waals surface area contributed by atoms with Gasteiger partial charge < -0.3 is 29.6 Å². The topological polar surface area (TPSA) is 83.2 Å². The third kappa shape index (κ3) is 3.42. The lowest BCUT2D eigenvalue weighted by molar-refractivity contribution is -0.126. The molecule has 162 valence electrons. The molecule has 1 saturated heterocycles. The maximum absolute atomic E-state index is 13.4. The van der Waals surface area contributed by atoms with E-state index in [-0.39, 0.29) is 17.9 Å². The number of hydrogen-bond acceptors (Lipinski definition) is 7. The predicted molar refractivity (Wildman–Crippen MR) is 121 cm³/mol. The van der Waals surface area contributed by atoms with Crippen molar-refractivity contribution in [2.45, 2.75) is 12.0 Å². The fourth-order valence-corrected chi connectivity index (χ4v) is 4.85. The van der Waals surface area contributed by atoms with Gasteiger partial charge in [0.05, 0.1) is 51.8 Å². The van der Waals surface area contributed by atoms with Crippen LogP contribution in [0.25, 0.3) is 0 Å². The van der Waals surface area contributed by atoms with Gasteiger partial charge in [-0.25, -0.2) is 0 Å². The number of anilines is 2. The summed E-state index contributed by atoms with van der Waals surface area (Å²) in [6.07, 6.45) is 0. The molecule has 31 heavy (non-hydrogen) atoms. The number of thiophene rings is 1. The van der Waals surface area contributed by atoms with Gasteiger partial charge in [-0.05, 0) is 29.1 Å². The minimum absolute atomic E-state index is 0.00360. The lowest BCUT2D eigenvalue weighted by Gasteiger charge is -2.47. The zero-order valence-corrected chi connectivity index (χ0v) is 18.6. The Balaban J connectivity index is 1.83. The smallest absolute Gasteiger partial charge is 0.238 e. The maximum Gasteiger partial charge on any atom is 0.238 e. The van der Waals surface area contributed by atoms with Crippen LogP contribution in [0.2, 0.25) is 0 Å². The lowest BCUT2D eigenvalue weighted by atomic mass is 9.80.